The molecule has 0 aliphatic heterocycles. The van der Waals surface area contributed by atoms with Crippen LogP contribution in [0.2, 0.25) is 5.02 Å². The van der Waals surface area contributed by atoms with E-state index in [0.29, 0.717) is 42.9 Å². The summed E-state index contributed by atoms with van der Waals surface area (Å²) in [6.07, 6.45) is 0.815. The molecule has 0 spiro atoms. The van der Waals surface area contributed by atoms with Crippen molar-refractivity contribution in [3.63, 3.8) is 0 Å². The number of nitrogens with two attached hydrogens (primary N) is 1. The number of hydrogen-bond acceptors (Lipinski definition) is 4. The van der Waals surface area contributed by atoms with Crippen LogP contribution in [-0.4, -0.2) is 26.4 Å². The third kappa shape index (κ3) is 5.34. The van der Waals surface area contributed by atoms with Crippen LogP contribution >= 0.6 is 11.6 Å². The van der Waals surface area contributed by atoms with E-state index in [1.165, 1.54) is 0 Å². The fraction of sp³-hybridized carbons (Fsp3) is 0.333. The second kappa shape index (κ2) is 9.28. The molecular formula is C18H22ClNO3. The number of rotatable bonds is 9. The molecule has 0 bridgehead atoms. The molecule has 124 valence electrons. The van der Waals surface area contributed by atoms with Crippen LogP contribution in [0.5, 0.6) is 17.2 Å². The zero-order valence-electron chi connectivity index (χ0n) is 13.3. The summed E-state index contributed by atoms with van der Waals surface area (Å²) in [5.74, 6) is 2.09. The first-order chi connectivity index (χ1) is 11.2. The zero-order chi connectivity index (χ0) is 16.5. The van der Waals surface area contributed by atoms with Crippen molar-refractivity contribution in [1.29, 1.82) is 0 Å². The monoisotopic (exact) mass is 335 g/mol. The van der Waals surface area contributed by atoms with E-state index < -0.39 is 0 Å². The Morgan fingerprint density at radius 2 is 1.65 bits per heavy atom. The van der Waals surface area contributed by atoms with Gasteiger partial charge in [-0.3, -0.25) is 0 Å². The Bertz CT molecular complexity index is 619. The van der Waals surface area contributed by atoms with E-state index in [9.17, 15) is 0 Å². The van der Waals surface area contributed by atoms with E-state index in [1.807, 2.05) is 43.3 Å². The minimum Gasteiger partial charge on any atom is -0.490 e. The van der Waals surface area contributed by atoms with Gasteiger partial charge < -0.3 is 19.9 Å². The predicted octanol–water partition coefficient (Wildman–Crippen LogP) is 3.70. The fourth-order valence-electron chi connectivity index (χ4n) is 2.13. The molecule has 23 heavy (non-hydrogen) atoms. The normalized spacial score (nSPS) is 10.4. The molecule has 0 aromatic heterocycles. The lowest BCUT2D eigenvalue weighted by molar-refractivity contribution is 0.208. The average molecular weight is 336 g/mol. The predicted molar refractivity (Wildman–Crippen MR) is 92.8 cm³/mol. The summed E-state index contributed by atoms with van der Waals surface area (Å²) >= 11 is 6.04. The molecule has 0 heterocycles. The summed E-state index contributed by atoms with van der Waals surface area (Å²) in [5.41, 5.74) is 6.72. The average Bonchev–Trinajstić information content (AvgIpc) is 2.55. The van der Waals surface area contributed by atoms with E-state index in [-0.39, 0.29) is 0 Å². The third-order valence-corrected chi connectivity index (χ3v) is 3.49. The molecule has 0 saturated heterocycles. The molecule has 0 aliphatic carbocycles. The van der Waals surface area contributed by atoms with E-state index in [0.717, 1.165) is 17.7 Å². The van der Waals surface area contributed by atoms with E-state index >= 15 is 0 Å². The Morgan fingerprint density at radius 3 is 2.35 bits per heavy atom. The summed E-state index contributed by atoms with van der Waals surface area (Å²) in [4.78, 5) is 0. The molecule has 5 heteroatoms. The molecule has 2 rings (SSSR count). The maximum absolute atomic E-state index is 6.04. The number of ether oxygens (including phenoxy) is 3. The molecule has 0 saturated carbocycles. The van der Waals surface area contributed by atoms with Crippen molar-refractivity contribution in [2.24, 2.45) is 5.73 Å². The topological polar surface area (TPSA) is 53.7 Å². The molecule has 2 N–H and O–H groups in total. The Hall–Kier alpha value is -1.91. The highest BCUT2D eigenvalue weighted by Crippen LogP contribution is 2.29. The van der Waals surface area contributed by atoms with Gasteiger partial charge in [0.25, 0.3) is 0 Å². The molecule has 2 aromatic rings. The zero-order valence-corrected chi connectivity index (χ0v) is 14.0. The molecule has 2 aromatic carbocycles. The van der Waals surface area contributed by atoms with E-state index in [1.54, 1.807) is 6.07 Å². The standard InChI is InChI=1S/C18H22ClNO3/c1-2-21-18-13-14(9-10-20)7-8-17(18)23-12-11-22-16-6-4-3-5-15(16)19/h3-8,13H,2,9-12,20H2,1H3. The van der Waals surface area contributed by atoms with Gasteiger partial charge >= 0.3 is 0 Å². The van der Waals surface area contributed by atoms with Crippen molar-refractivity contribution in [3.05, 3.63) is 53.1 Å². The number of para-hydroxylation sites is 1. The van der Waals surface area contributed by atoms with Crippen LogP contribution in [0, 0.1) is 0 Å². The van der Waals surface area contributed by atoms with Crippen LogP contribution in [0.25, 0.3) is 0 Å². The lowest BCUT2D eigenvalue weighted by Crippen LogP contribution is -2.10. The highest BCUT2D eigenvalue weighted by molar-refractivity contribution is 6.32. The lowest BCUT2D eigenvalue weighted by atomic mass is 10.1. The molecule has 0 radical (unpaired) electrons. The highest BCUT2D eigenvalue weighted by atomic mass is 35.5. The second-order valence-electron chi connectivity index (χ2n) is 4.88. The van der Waals surface area contributed by atoms with Crippen molar-refractivity contribution < 1.29 is 14.2 Å². The second-order valence-corrected chi connectivity index (χ2v) is 5.29. The van der Waals surface area contributed by atoms with Gasteiger partial charge in [-0.25, -0.2) is 0 Å². The van der Waals surface area contributed by atoms with Gasteiger partial charge in [-0.15, -0.1) is 0 Å². The van der Waals surface area contributed by atoms with Crippen molar-refractivity contribution in [2.75, 3.05) is 26.4 Å². The van der Waals surface area contributed by atoms with Crippen LogP contribution < -0.4 is 19.9 Å². The maximum Gasteiger partial charge on any atom is 0.161 e. The smallest absolute Gasteiger partial charge is 0.161 e. The molecular weight excluding hydrogens is 314 g/mol. The first-order valence-electron chi connectivity index (χ1n) is 7.70. The molecule has 4 nitrogen and oxygen atoms in total. The van der Waals surface area contributed by atoms with E-state index in [2.05, 4.69) is 0 Å². The van der Waals surface area contributed by atoms with Gasteiger partial charge in [0.15, 0.2) is 11.5 Å². The Balaban J connectivity index is 1.90. The SMILES string of the molecule is CCOc1cc(CCN)ccc1OCCOc1ccccc1Cl. The Kier molecular flexibility index (Phi) is 7.04. The van der Waals surface area contributed by atoms with Gasteiger partial charge in [0, 0.05) is 0 Å². The minimum absolute atomic E-state index is 0.403. The summed E-state index contributed by atoms with van der Waals surface area (Å²) in [6, 6.07) is 13.2. The molecule has 0 atom stereocenters. The Labute approximate surface area is 142 Å². The molecule has 0 unspecified atom stereocenters. The maximum atomic E-state index is 6.04. The summed E-state index contributed by atoms with van der Waals surface area (Å²) in [7, 11) is 0. The third-order valence-electron chi connectivity index (χ3n) is 3.18. The van der Waals surface area contributed by atoms with Crippen molar-refractivity contribution in [3.8, 4) is 17.2 Å². The van der Waals surface area contributed by atoms with Gasteiger partial charge in [-0.1, -0.05) is 29.8 Å². The van der Waals surface area contributed by atoms with Gasteiger partial charge in [-0.2, -0.15) is 0 Å². The van der Waals surface area contributed by atoms with Crippen molar-refractivity contribution in [2.45, 2.75) is 13.3 Å². The van der Waals surface area contributed by atoms with Crippen molar-refractivity contribution in [1.82, 2.24) is 0 Å². The van der Waals surface area contributed by atoms with E-state index in [4.69, 9.17) is 31.5 Å². The molecule has 0 amide bonds. The Morgan fingerprint density at radius 1 is 0.913 bits per heavy atom. The minimum atomic E-state index is 0.403. The largest absolute Gasteiger partial charge is 0.490 e. The number of benzene rings is 2. The van der Waals surface area contributed by atoms with Gasteiger partial charge in [0.1, 0.15) is 19.0 Å². The number of halogens is 1. The first kappa shape index (κ1) is 17.4. The highest BCUT2D eigenvalue weighted by Gasteiger charge is 2.07. The van der Waals surface area contributed by atoms with Gasteiger partial charge in [-0.05, 0) is 49.7 Å². The summed E-state index contributed by atoms with van der Waals surface area (Å²) in [5, 5.41) is 0.591. The van der Waals surface area contributed by atoms with Crippen LogP contribution in [0.1, 0.15) is 12.5 Å². The lowest BCUT2D eigenvalue weighted by Gasteiger charge is -2.14. The molecule has 0 fully saturated rings. The first-order valence-corrected chi connectivity index (χ1v) is 8.08. The summed E-state index contributed by atoms with van der Waals surface area (Å²) < 4.78 is 17.0. The van der Waals surface area contributed by atoms with Crippen LogP contribution in [0.15, 0.2) is 42.5 Å². The van der Waals surface area contributed by atoms with Gasteiger partial charge in [0.05, 0.1) is 11.6 Å². The van der Waals surface area contributed by atoms with Crippen molar-refractivity contribution >= 4 is 11.6 Å². The molecule has 0 aliphatic rings. The van der Waals surface area contributed by atoms with Crippen LogP contribution in [-0.2, 0) is 6.42 Å². The van der Waals surface area contributed by atoms with Gasteiger partial charge in [0.2, 0.25) is 0 Å². The van der Waals surface area contributed by atoms with Crippen LogP contribution in [0.3, 0.4) is 0 Å². The van der Waals surface area contributed by atoms with Crippen LogP contribution in [0.4, 0.5) is 0 Å². The summed E-state index contributed by atoms with van der Waals surface area (Å²) in [6.45, 7) is 3.94. The quantitative estimate of drug-likeness (QED) is 0.710. The fourth-order valence-corrected chi connectivity index (χ4v) is 2.32. The number of hydrogen-bond donors (Lipinski definition) is 1.